The molecule has 0 aliphatic rings. The van der Waals surface area contributed by atoms with Gasteiger partial charge in [0, 0.05) is 0 Å². The molecule has 0 unspecified atom stereocenters. The summed E-state index contributed by atoms with van der Waals surface area (Å²) < 4.78 is 0. The molecule has 0 spiro atoms. The first kappa shape index (κ1) is 26.4. The molecule has 0 fully saturated rings. The fraction of sp³-hybridized carbons (Fsp3) is 0. The first-order valence-electron chi connectivity index (χ1n) is 15.9. The van der Waals surface area contributed by atoms with Crippen molar-refractivity contribution in [3.8, 4) is 44.5 Å². The topological polar surface area (TPSA) is 0 Å². The van der Waals surface area contributed by atoms with E-state index in [1.165, 1.54) is 87.6 Å². The van der Waals surface area contributed by atoms with Crippen LogP contribution in [0.1, 0.15) is 0 Å². The lowest BCUT2D eigenvalue weighted by Gasteiger charge is -2.21. The zero-order chi connectivity index (χ0) is 30.5. The van der Waals surface area contributed by atoms with Crippen LogP contribution in [0.4, 0.5) is 0 Å². The molecular weight excluding hydrogens is 553 g/mol. The molecule has 0 aliphatic heterocycles. The molecule has 9 aromatic rings. The molecule has 0 saturated heterocycles. The van der Waals surface area contributed by atoms with E-state index in [-0.39, 0.29) is 0 Å². The molecule has 9 aromatic carbocycles. The van der Waals surface area contributed by atoms with Crippen molar-refractivity contribution in [3.05, 3.63) is 182 Å². The van der Waals surface area contributed by atoms with E-state index < -0.39 is 0 Å². The van der Waals surface area contributed by atoms with E-state index in [0.29, 0.717) is 0 Å². The number of hydrogen-bond acceptors (Lipinski definition) is 0. The van der Waals surface area contributed by atoms with E-state index in [9.17, 15) is 0 Å². The van der Waals surface area contributed by atoms with E-state index in [1.54, 1.807) is 0 Å². The van der Waals surface area contributed by atoms with Crippen LogP contribution in [0.3, 0.4) is 0 Å². The number of rotatable bonds is 4. The molecule has 214 valence electrons. The van der Waals surface area contributed by atoms with Crippen LogP contribution in [-0.4, -0.2) is 0 Å². The second-order valence-corrected chi connectivity index (χ2v) is 12.0. The van der Waals surface area contributed by atoms with Crippen molar-refractivity contribution in [2.75, 3.05) is 0 Å². The van der Waals surface area contributed by atoms with Crippen molar-refractivity contribution in [2.24, 2.45) is 0 Å². The summed E-state index contributed by atoms with van der Waals surface area (Å²) in [5, 5.41) is 10.1. The summed E-state index contributed by atoms with van der Waals surface area (Å²) in [6.45, 7) is 0. The average Bonchev–Trinajstić information content (AvgIpc) is 3.14. The van der Waals surface area contributed by atoms with Gasteiger partial charge in [-0.05, 0) is 99.7 Å². The SMILES string of the molecule is c1ccc(-c2cc(-c3c4ccccc4c(-c4ccccc4-c4ccccc4)c4ccccc34)c3ccc4ccccc4c3c2)cc1. The third-order valence-electron chi connectivity index (χ3n) is 9.45. The van der Waals surface area contributed by atoms with Gasteiger partial charge in [0.2, 0.25) is 0 Å². The van der Waals surface area contributed by atoms with Gasteiger partial charge in [-0.1, -0.05) is 170 Å². The normalized spacial score (nSPS) is 11.5. The highest BCUT2D eigenvalue weighted by Gasteiger charge is 2.20. The molecular formula is C46H30. The van der Waals surface area contributed by atoms with Crippen LogP contribution in [-0.2, 0) is 0 Å². The van der Waals surface area contributed by atoms with Gasteiger partial charge in [0.15, 0.2) is 0 Å². The van der Waals surface area contributed by atoms with Crippen LogP contribution < -0.4 is 0 Å². The Morgan fingerprint density at radius 3 is 1.33 bits per heavy atom. The molecule has 0 amide bonds. The predicted octanol–water partition coefficient (Wildman–Crippen LogP) is 13.0. The van der Waals surface area contributed by atoms with Crippen LogP contribution in [0.2, 0.25) is 0 Å². The van der Waals surface area contributed by atoms with Crippen LogP contribution in [0.5, 0.6) is 0 Å². The van der Waals surface area contributed by atoms with E-state index in [2.05, 4.69) is 182 Å². The third kappa shape index (κ3) is 4.23. The number of benzene rings is 9. The lowest BCUT2D eigenvalue weighted by molar-refractivity contribution is 1.61. The Balaban J connectivity index is 1.44. The molecule has 0 atom stereocenters. The lowest BCUT2D eigenvalue weighted by Crippen LogP contribution is -1.94. The Kier molecular flexibility index (Phi) is 6.25. The number of fused-ring (bicyclic) bond motifs is 5. The molecule has 0 heteroatoms. The maximum Gasteiger partial charge on any atom is -0.00199 e. The van der Waals surface area contributed by atoms with Gasteiger partial charge in [-0.3, -0.25) is 0 Å². The summed E-state index contributed by atoms with van der Waals surface area (Å²) in [6.07, 6.45) is 0. The van der Waals surface area contributed by atoms with Crippen LogP contribution >= 0.6 is 0 Å². The largest absolute Gasteiger partial charge is 0.0622 e. The molecule has 0 nitrogen and oxygen atoms in total. The highest BCUT2D eigenvalue weighted by atomic mass is 14.2. The molecule has 0 radical (unpaired) electrons. The van der Waals surface area contributed by atoms with E-state index in [0.717, 1.165) is 0 Å². The van der Waals surface area contributed by atoms with Crippen molar-refractivity contribution in [1.29, 1.82) is 0 Å². The second kappa shape index (κ2) is 10.9. The molecule has 0 saturated carbocycles. The van der Waals surface area contributed by atoms with Crippen molar-refractivity contribution in [2.45, 2.75) is 0 Å². The molecule has 0 heterocycles. The first-order valence-corrected chi connectivity index (χ1v) is 15.9. The van der Waals surface area contributed by atoms with E-state index in [4.69, 9.17) is 0 Å². The van der Waals surface area contributed by atoms with Gasteiger partial charge in [-0.15, -0.1) is 0 Å². The summed E-state index contributed by atoms with van der Waals surface area (Å²) in [5.41, 5.74) is 10.00. The van der Waals surface area contributed by atoms with Crippen molar-refractivity contribution in [3.63, 3.8) is 0 Å². The monoisotopic (exact) mass is 582 g/mol. The summed E-state index contributed by atoms with van der Waals surface area (Å²) in [6, 6.07) is 66.5. The Hall–Kier alpha value is -5.98. The summed E-state index contributed by atoms with van der Waals surface area (Å²) in [5.74, 6) is 0. The second-order valence-electron chi connectivity index (χ2n) is 12.0. The van der Waals surface area contributed by atoms with Gasteiger partial charge in [0.25, 0.3) is 0 Å². The Labute approximate surface area is 268 Å². The van der Waals surface area contributed by atoms with Crippen LogP contribution in [0, 0.1) is 0 Å². The minimum absolute atomic E-state index is 1.22. The highest BCUT2D eigenvalue weighted by Crippen LogP contribution is 2.48. The zero-order valence-corrected chi connectivity index (χ0v) is 25.3. The molecule has 0 bridgehead atoms. The van der Waals surface area contributed by atoms with Crippen LogP contribution in [0.15, 0.2) is 182 Å². The van der Waals surface area contributed by atoms with Crippen molar-refractivity contribution < 1.29 is 0 Å². The van der Waals surface area contributed by atoms with Gasteiger partial charge >= 0.3 is 0 Å². The predicted molar refractivity (Wildman–Crippen MR) is 198 cm³/mol. The standard InChI is InChI=1S/C46H30/c1-3-15-31(16-4-1)34-29-43-36-21-8-7-19-33(36)27-28-37(43)44(30-34)46-41-25-13-11-23-39(41)45(40-24-12-14-26-42(40)46)38-22-10-9-20-35(38)32-17-5-2-6-18-32/h1-30H. The smallest absolute Gasteiger partial charge is 0.00199 e. The van der Waals surface area contributed by atoms with Gasteiger partial charge in [0.1, 0.15) is 0 Å². The van der Waals surface area contributed by atoms with Crippen LogP contribution in [0.25, 0.3) is 87.6 Å². The minimum Gasteiger partial charge on any atom is -0.0622 e. The maximum atomic E-state index is 2.41. The van der Waals surface area contributed by atoms with Gasteiger partial charge in [-0.2, -0.15) is 0 Å². The lowest BCUT2D eigenvalue weighted by atomic mass is 9.82. The Morgan fingerprint density at radius 2 is 0.696 bits per heavy atom. The summed E-state index contributed by atoms with van der Waals surface area (Å²) in [7, 11) is 0. The number of hydrogen-bond donors (Lipinski definition) is 0. The Morgan fingerprint density at radius 1 is 0.217 bits per heavy atom. The van der Waals surface area contributed by atoms with E-state index >= 15 is 0 Å². The minimum atomic E-state index is 1.22. The first-order chi connectivity index (χ1) is 22.8. The molecule has 46 heavy (non-hydrogen) atoms. The van der Waals surface area contributed by atoms with Gasteiger partial charge < -0.3 is 0 Å². The molecule has 9 rings (SSSR count). The molecule has 0 aromatic heterocycles. The fourth-order valence-electron chi connectivity index (χ4n) is 7.40. The van der Waals surface area contributed by atoms with Gasteiger partial charge in [0.05, 0.1) is 0 Å². The van der Waals surface area contributed by atoms with Gasteiger partial charge in [-0.25, -0.2) is 0 Å². The quantitative estimate of drug-likeness (QED) is 0.143. The summed E-state index contributed by atoms with van der Waals surface area (Å²) >= 11 is 0. The third-order valence-corrected chi connectivity index (χ3v) is 9.45. The van der Waals surface area contributed by atoms with E-state index in [1.807, 2.05) is 0 Å². The molecule has 0 aliphatic carbocycles. The highest BCUT2D eigenvalue weighted by molar-refractivity contribution is 6.26. The average molecular weight is 583 g/mol. The Bertz CT molecular complexity index is 2500. The van der Waals surface area contributed by atoms with Crippen molar-refractivity contribution in [1.82, 2.24) is 0 Å². The maximum absolute atomic E-state index is 2.41. The fourth-order valence-corrected chi connectivity index (χ4v) is 7.40. The zero-order valence-electron chi connectivity index (χ0n) is 25.3. The summed E-state index contributed by atoms with van der Waals surface area (Å²) in [4.78, 5) is 0. The molecule has 0 N–H and O–H groups in total. The van der Waals surface area contributed by atoms with Crippen molar-refractivity contribution >= 4 is 43.1 Å².